The predicted molar refractivity (Wildman–Crippen MR) is 385 cm³/mol. The molecule has 9 nitrogen and oxygen atoms in total. The number of phosphoric acid groups is 1. The van der Waals surface area contributed by atoms with Crippen molar-refractivity contribution in [2.24, 2.45) is 0 Å². The fourth-order valence-electron chi connectivity index (χ4n) is 11.5. The maximum atomic E-state index is 13.6. The van der Waals surface area contributed by atoms with Crippen LogP contribution in [-0.2, 0) is 27.9 Å². The number of phosphoric ester groups is 1. The monoisotopic (exact) mass is 1270 g/mol. The lowest BCUT2D eigenvalue weighted by Crippen LogP contribution is -2.47. The summed E-state index contributed by atoms with van der Waals surface area (Å²) in [6.07, 6.45) is 89.2. The molecule has 0 spiro atoms. The van der Waals surface area contributed by atoms with Gasteiger partial charge in [-0.3, -0.25) is 14.2 Å². The van der Waals surface area contributed by atoms with Crippen LogP contribution < -0.4 is 10.2 Å². The molecule has 0 aliphatic carbocycles. The first kappa shape index (κ1) is 86.7. The highest BCUT2D eigenvalue weighted by Gasteiger charge is 2.27. The van der Waals surface area contributed by atoms with Crippen LogP contribution in [0.3, 0.4) is 0 Å². The third-order valence-electron chi connectivity index (χ3n) is 17.4. The van der Waals surface area contributed by atoms with Gasteiger partial charge in [0.2, 0.25) is 5.91 Å². The first-order valence-corrected chi connectivity index (χ1v) is 40.1. The van der Waals surface area contributed by atoms with Crippen LogP contribution in [0, 0.1) is 0 Å². The standard InChI is InChI=1S/C79H149N2O7P/c1-7-10-13-16-19-22-25-28-30-32-34-36-38-39-40-41-43-44-46-48-50-53-56-59-62-65-68-71-78(82)80-76(75-87-89(84,85)86-74-73-81(4,5)6)77(70-67-64-61-58-55-52-27-24-21-18-15-12-9-3)88-79(83)72-69-66-63-60-57-54-51-49-47-45-42-37-35-33-31-29-26-23-20-17-14-11-8-2/h19-20,22-23,28-31,67,70,76-77H,7-18,21,24-27,32-66,68-69,71-75H2,1-6H3,(H-,80,82,84,85)/b22-19-,23-20-,30-28-,31-29-,70-67-. The van der Waals surface area contributed by atoms with Crippen LogP contribution in [0.2, 0.25) is 0 Å². The molecule has 3 atom stereocenters. The Hall–Kier alpha value is -2.29. The summed E-state index contributed by atoms with van der Waals surface area (Å²) in [5.74, 6) is -0.523. The summed E-state index contributed by atoms with van der Waals surface area (Å²) in [6.45, 7) is 6.86. The Balaban J connectivity index is 4.97. The number of likely N-dealkylation sites (N-methyl/N-ethyl adjacent to an activating group) is 1. The number of amides is 1. The number of nitrogens with zero attached hydrogens (tertiary/aromatic N) is 1. The summed E-state index contributed by atoms with van der Waals surface area (Å²) >= 11 is 0. The van der Waals surface area contributed by atoms with E-state index in [4.69, 9.17) is 13.8 Å². The van der Waals surface area contributed by atoms with Gasteiger partial charge in [-0.1, -0.05) is 332 Å². The molecule has 0 aromatic heterocycles. The first-order valence-electron chi connectivity index (χ1n) is 38.6. The van der Waals surface area contributed by atoms with Crippen LogP contribution in [0.1, 0.15) is 380 Å². The maximum Gasteiger partial charge on any atom is 0.306 e. The minimum atomic E-state index is -4.71. The molecule has 0 aromatic rings. The van der Waals surface area contributed by atoms with Crippen molar-refractivity contribution in [3.05, 3.63) is 60.8 Å². The number of ether oxygens (including phenoxy) is 1. The molecule has 1 N–H and O–H groups in total. The van der Waals surface area contributed by atoms with Gasteiger partial charge in [0.05, 0.1) is 33.8 Å². The van der Waals surface area contributed by atoms with Crippen molar-refractivity contribution in [3.63, 3.8) is 0 Å². The molecule has 1 amide bonds. The van der Waals surface area contributed by atoms with E-state index in [1.807, 2.05) is 33.3 Å². The van der Waals surface area contributed by atoms with Gasteiger partial charge in [-0.15, -0.1) is 0 Å². The number of rotatable bonds is 71. The smallest absolute Gasteiger partial charge is 0.306 e. The Kier molecular flexibility index (Phi) is 66.8. The van der Waals surface area contributed by atoms with Crippen LogP contribution in [0.15, 0.2) is 60.8 Å². The Bertz CT molecular complexity index is 1700. The number of quaternary nitrogens is 1. The second kappa shape index (κ2) is 68.6. The molecular formula is C79H149N2O7P. The van der Waals surface area contributed by atoms with Gasteiger partial charge in [0.1, 0.15) is 19.3 Å². The molecule has 0 radical (unpaired) electrons. The molecule has 0 bridgehead atoms. The number of carbonyl (C=O) groups is 2. The van der Waals surface area contributed by atoms with E-state index in [9.17, 15) is 19.0 Å². The van der Waals surface area contributed by atoms with Crippen LogP contribution in [0.5, 0.6) is 0 Å². The van der Waals surface area contributed by atoms with Crippen molar-refractivity contribution < 1.29 is 37.3 Å². The third-order valence-corrected chi connectivity index (χ3v) is 18.4. The Labute approximate surface area is 553 Å². The maximum absolute atomic E-state index is 13.6. The van der Waals surface area contributed by atoms with Crippen molar-refractivity contribution in [1.82, 2.24) is 5.32 Å². The van der Waals surface area contributed by atoms with E-state index in [-0.39, 0.29) is 31.5 Å². The number of carbonyl (C=O) groups excluding carboxylic acids is 2. The lowest BCUT2D eigenvalue weighted by molar-refractivity contribution is -0.870. The van der Waals surface area contributed by atoms with Crippen molar-refractivity contribution in [3.8, 4) is 0 Å². The van der Waals surface area contributed by atoms with Gasteiger partial charge in [-0.25, -0.2) is 0 Å². The zero-order chi connectivity index (χ0) is 64.9. The van der Waals surface area contributed by atoms with Crippen LogP contribution in [0.4, 0.5) is 0 Å². The van der Waals surface area contributed by atoms with E-state index in [1.54, 1.807) is 0 Å². The van der Waals surface area contributed by atoms with Crippen molar-refractivity contribution >= 4 is 19.7 Å². The van der Waals surface area contributed by atoms with Gasteiger partial charge in [0.15, 0.2) is 0 Å². The van der Waals surface area contributed by atoms with Gasteiger partial charge < -0.3 is 28.5 Å². The van der Waals surface area contributed by atoms with E-state index < -0.39 is 20.0 Å². The molecule has 0 saturated heterocycles. The van der Waals surface area contributed by atoms with Crippen LogP contribution in [-0.4, -0.2) is 69.4 Å². The molecule has 0 heterocycles. The summed E-state index contributed by atoms with van der Waals surface area (Å²) in [5.41, 5.74) is 0. The van der Waals surface area contributed by atoms with E-state index in [1.165, 1.54) is 276 Å². The number of hydrogen-bond acceptors (Lipinski definition) is 7. The number of allylic oxidation sites excluding steroid dienone is 9. The number of unbranched alkanes of at least 4 members (excludes halogenated alkanes) is 47. The fourth-order valence-corrected chi connectivity index (χ4v) is 12.2. The Morgan fingerprint density at radius 2 is 0.685 bits per heavy atom. The molecule has 10 heteroatoms. The summed E-state index contributed by atoms with van der Waals surface area (Å²) in [7, 11) is 1.20. The largest absolute Gasteiger partial charge is 0.756 e. The zero-order valence-corrected chi connectivity index (χ0v) is 60.8. The Morgan fingerprint density at radius 1 is 0.393 bits per heavy atom. The van der Waals surface area contributed by atoms with Crippen molar-refractivity contribution in [1.29, 1.82) is 0 Å². The van der Waals surface area contributed by atoms with Gasteiger partial charge in [-0.2, -0.15) is 0 Å². The normalized spacial score (nSPS) is 13.7. The second-order valence-electron chi connectivity index (χ2n) is 27.5. The molecule has 0 fully saturated rings. The summed E-state index contributed by atoms with van der Waals surface area (Å²) < 4.78 is 30.5. The lowest BCUT2D eigenvalue weighted by Gasteiger charge is -2.30. The van der Waals surface area contributed by atoms with Gasteiger partial charge in [0.25, 0.3) is 7.82 Å². The lowest BCUT2D eigenvalue weighted by atomic mass is 10.0. The van der Waals surface area contributed by atoms with Crippen molar-refractivity contribution in [2.45, 2.75) is 392 Å². The molecule has 0 aliphatic heterocycles. The highest BCUT2D eigenvalue weighted by Crippen LogP contribution is 2.38. The van der Waals surface area contributed by atoms with E-state index in [0.717, 1.165) is 70.6 Å². The van der Waals surface area contributed by atoms with Crippen molar-refractivity contribution in [2.75, 3.05) is 40.9 Å². The predicted octanol–water partition coefficient (Wildman–Crippen LogP) is 24.3. The number of nitrogens with one attached hydrogen (secondary N) is 1. The van der Waals surface area contributed by atoms with Gasteiger partial charge in [0, 0.05) is 12.8 Å². The van der Waals surface area contributed by atoms with E-state index in [0.29, 0.717) is 17.4 Å². The van der Waals surface area contributed by atoms with E-state index in [2.05, 4.69) is 74.7 Å². The summed E-state index contributed by atoms with van der Waals surface area (Å²) in [6, 6.07) is -0.889. The topological polar surface area (TPSA) is 114 Å². The SMILES string of the molecule is CCCCC/C=C\C/C=C\CCCCCCCCCCCCCCCCCCCC(=O)NC(COP(=O)([O-])OCC[N+](C)(C)C)C(/C=C\CCCCCCCCCCCCC)OC(=O)CCCCCCCCCCCCCCC/C=C\C/C=C\CCCCC. The van der Waals surface area contributed by atoms with Gasteiger partial charge in [-0.05, 0) is 96.0 Å². The molecule has 0 aliphatic rings. The number of hydrogen-bond donors (Lipinski definition) is 1. The Morgan fingerprint density at radius 3 is 1.03 bits per heavy atom. The summed E-state index contributed by atoms with van der Waals surface area (Å²) in [5, 5.41) is 3.06. The molecule has 89 heavy (non-hydrogen) atoms. The second-order valence-corrected chi connectivity index (χ2v) is 28.9. The highest BCUT2D eigenvalue weighted by molar-refractivity contribution is 7.45. The van der Waals surface area contributed by atoms with Gasteiger partial charge >= 0.3 is 5.97 Å². The molecule has 0 rings (SSSR count). The quantitative estimate of drug-likeness (QED) is 0.0212. The minimum Gasteiger partial charge on any atom is -0.756 e. The number of esters is 1. The molecule has 522 valence electrons. The molecule has 0 saturated carbocycles. The molecule has 0 aromatic carbocycles. The molecular weight excluding hydrogens is 1120 g/mol. The fraction of sp³-hybridized carbons (Fsp3) is 0.848. The first-order chi connectivity index (χ1) is 43.4. The molecule has 3 unspecified atom stereocenters. The third kappa shape index (κ3) is 69.9. The van der Waals surface area contributed by atoms with Crippen LogP contribution >= 0.6 is 7.82 Å². The zero-order valence-electron chi connectivity index (χ0n) is 59.9. The minimum absolute atomic E-state index is 0.0211. The van der Waals surface area contributed by atoms with Crippen LogP contribution in [0.25, 0.3) is 0 Å². The highest BCUT2D eigenvalue weighted by atomic mass is 31.2. The summed E-state index contributed by atoms with van der Waals surface area (Å²) in [4.78, 5) is 40.3. The van der Waals surface area contributed by atoms with E-state index >= 15 is 0 Å². The average Bonchev–Trinajstić information content (AvgIpc) is 3.65. The average molecular weight is 1270 g/mol.